The fourth-order valence-corrected chi connectivity index (χ4v) is 5.76. The highest BCUT2D eigenvalue weighted by Crippen LogP contribution is 2.41. The van der Waals surface area contributed by atoms with E-state index in [4.69, 9.17) is 0 Å². The summed E-state index contributed by atoms with van der Waals surface area (Å²) >= 11 is -1.70. The number of rotatable bonds is 4. The summed E-state index contributed by atoms with van der Waals surface area (Å²) in [5.41, 5.74) is 0.354. The summed E-state index contributed by atoms with van der Waals surface area (Å²) in [7, 11) is 1.64. The van der Waals surface area contributed by atoms with Gasteiger partial charge in [-0.1, -0.05) is 30.3 Å². The zero-order chi connectivity index (χ0) is 25.1. The van der Waals surface area contributed by atoms with Crippen molar-refractivity contribution in [2.45, 2.75) is 42.0 Å². The molecule has 0 saturated heterocycles. The molecule has 0 radical (unpaired) electrons. The Labute approximate surface area is 203 Å². The zero-order valence-electron chi connectivity index (χ0n) is 19.3. The van der Waals surface area contributed by atoms with Gasteiger partial charge in [-0.3, -0.25) is 9.69 Å². The fourth-order valence-electron chi connectivity index (χ4n) is 4.43. The lowest BCUT2D eigenvalue weighted by atomic mass is 10.1. The minimum atomic E-state index is -4.43. The van der Waals surface area contributed by atoms with Gasteiger partial charge in [-0.2, -0.15) is 13.2 Å². The van der Waals surface area contributed by atoms with E-state index in [0.29, 0.717) is 39.2 Å². The van der Waals surface area contributed by atoms with Gasteiger partial charge in [0.25, 0.3) is 5.91 Å². The first-order valence-corrected chi connectivity index (χ1v) is 12.1. The molecule has 35 heavy (non-hydrogen) atoms. The number of alkyl halides is 3. The van der Waals surface area contributed by atoms with Crippen LogP contribution in [0, 0.1) is 0 Å². The number of nitrogens with zero attached hydrogens (tertiary/aromatic N) is 4. The Balaban J connectivity index is 1.64. The zero-order valence-corrected chi connectivity index (χ0v) is 20.2. The number of fused-ring (bicyclic) bond motifs is 3. The summed E-state index contributed by atoms with van der Waals surface area (Å²) in [6, 6.07) is 13.6. The molecular weight excluding hydrogens is 477 g/mol. The normalized spacial score (nSPS) is 17.8. The molecule has 3 aromatic rings. The van der Waals surface area contributed by atoms with Gasteiger partial charge in [-0.15, -0.1) is 0 Å². The summed E-state index contributed by atoms with van der Waals surface area (Å²) in [5.74, 6) is 0.203. The SMILES string of the molecule is CN1C(=O)c2c(cn(Cc3ccc(C(F)(F)F)cc3)c2[S+]([O-])c2ccccc2)N2CC(C)(C)N=C12. The maximum absolute atomic E-state index is 13.8. The third-order valence-corrected chi connectivity index (χ3v) is 7.56. The number of carbonyl (C=O) groups is 1. The molecule has 0 saturated carbocycles. The van der Waals surface area contributed by atoms with E-state index >= 15 is 0 Å². The van der Waals surface area contributed by atoms with Crippen molar-refractivity contribution in [1.82, 2.24) is 9.47 Å². The molecule has 2 aliphatic rings. The van der Waals surface area contributed by atoms with Crippen LogP contribution >= 0.6 is 0 Å². The van der Waals surface area contributed by atoms with E-state index in [1.807, 2.05) is 24.8 Å². The number of hydrogen-bond donors (Lipinski definition) is 0. The minimum absolute atomic E-state index is 0.153. The predicted molar refractivity (Wildman–Crippen MR) is 127 cm³/mol. The molecule has 2 aliphatic heterocycles. The summed E-state index contributed by atoms with van der Waals surface area (Å²) in [6.07, 6.45) is -2.68. The van der Waals surface area contributed by atoms with E-state index in [0.717, 1.165) is 12.1 Å². The number of aromatic nitrogens is 1. The molecule has 0 aliphatic carbocycles. The van der Waals surface area contributed by atoms with Crippen LogP contribution in [0.4, 0.5) is 18.9 Å². The van der Waals surface area contributed by atoms with Crippen LogP contribution in [-0.2, 0) is 23.9 Å². The Morgan fingerprint density at radius 2 is 1.74 bits per heavy atom. The third kappa shape index (κ3) is 4.10. The van der Waals surface area contributed by atoms with E-state index in [1.165, 1.54) is 17.0 Å². The standard InChI is InChI=1S/C25H23F3N4O2S/c1-24(2)15-32-19-14-31(13-16-9-11-17(12-10-16)25(26,27)28)22(35(34)18-7-5-4-6-8-18)20(19)21(33)30(3)23(32)29-24/h4-12,14H,13,15H2,1-3H3. The average Bonchev–Trinajstić information content (AvgIpc) is 3.34. The number of benzene rings is 2. The average molecular weight is 501 g/mol. The molecule has 2 aromatic carbocycles. The van der Waals surface area contributed by atoms with Crippen LogP contribution in [-0.4, -0.2) is 45.0 Å². The van der Waals surface area contributed by atoms with Gasteiger partial charge in [0.15, 0.2) is 4.90 Å². The highest BCUT2D eigenvalue weighted by molar-refractivity contribution is 7.91. The molecule has 182 valence electrons. The Hall–Kier alpha value is -3.24. The Morgan fingerprint density at radius 3 is 2.37 bits per heavy atom. The first-order valence-electron chi connectivity index (χ1n) is 11.0. The second-order valence-corrected chi connectivity index (χ2v) is 10.7. The lowest BCUT2D eigenvalue weighted by molar-refractivity contribution is -0.137. The molecule has 0 fully saturated rings. The van der Waals surface area contributed by atoms with Crippen LogP contribution in [0.2, 0.25) is 0 Å². The van der Waals surface area contributed by atoms with E-state index < -0.39 is 28.5 Å². The van der Waals surface area contributed by atoms with Crippen molar-refractivity contribution in [3.63, 3.8) is 0 Å². The predicted octanol–water partition coefficient (Wildman–Crippen LogP) is 4.76. The number of guanidine groups is 1. The van der Waals surface area contributed by atoms with Gasteiger partial charge in [0.1, 0.15) is 5.56 Å². The van der Waals surface area contributed by atoms with Gasteiger partial charge in [0.05, 0.1) is 29.9 Å². The number of aliphatic imine (C=N–C) groups is 1. The Bertz CT molecular complexity index is 1320. The van der Waals surface area contributed by atoms with E-state index in [-0.39, 0.29) is 12.5 Å². The molecule has 0 spiro atoms. The largest absolute Gasteiger partial charge is 0.605 e. The quantitative estimate of drug-likeness (QED) is 0.485. The lowest BCUT2D eigenvalue weighted by Gasteiger charge is -2.31. The highest BCUT2D eigenvalue weighted by Gasteiger charge is 2.46. The molecular formula is C25H23F3N4O2S. The van der Waals surface area contributed by atoms with E-state index in [1.54, 1.807) is 42.1 Å². The molecule has 1 atom stereocenters. The Morgan fingerprint density at radius 1 is 1.09 bits per heavy atom. The molecule has 1 amide bonds. The molecule has 0 bridgehead atoms. The highest BCUT2D eigenvalue weighted by atomic mass is 32.2. The minimum Gasteiger partial charge on any atom is -0.605 e. The second kappa shape index (κ2) is 8.17. The number of halogens is 3. The number of amides is 1. The summed E-state index contributed by atoms with van der Waals surface area (Å²) in [6.45, 7) is 4.63. The summed E-state index contributed by atoms with van der Waals surface area (Å²) in [4.78, 5) is 22.1. The number of hydrogen-bond acceptors (Lipinski definition) is 4. The molecule has 0 N–H and O–H groups in total. The van der Waals surface area contributed by atoms with Crippen LogP contribution in [0.3, 0.4) is 0 Å². The van der Waals surface area contributed by atoms with Gasteiger partial charge in [0, 0.05) is 24.4 Å². The smallest absolute Gasteiger partial charge is 0.416 e. The molecule has 1 aromatic heterocycles. The van der Waals surface area contributed by atoms with Crippen molar-refractivity contribution < 1.29 is 22.5 Å². The van der Waals surface area contributed by atoms with E-state index in [9.17, 15) is 22.5 Å². The van der Waals surface area contributed by atoms with E-state index in [2.05, 4.69) is 4.99 Å². The molecule has 1 unspecified atom stereocenters. The third-order valence-electron chi connectivity index (χ3n) is 6.07. The van der Waals surface area contributed by atoms with Crippen LogP contribution in [0.5, 0.6) is 0 Å². The monoisotopic (exact) mass is 500 g/mol. The summed E-state index contributed by atoms with van der Waals surface area (Å²) < 4.78 is 54.5. The van der Waals surface area contributed by atoms with Crippen LogP contribution in [0.15, 0.2) is 75.7 Å². The van der Waals surface area contributed by atoms with Crippen molar-refractivity contribution in [3.05, 3.63) is 77.5 Å². The molecule has 10 heteroatoms. The molecule has 5 rings (SSSR count). The maximum atomic E-state index is 13.8. The topological polar surface area (TPSA) is 63.9 Å². The van der Waals surface area contributed by atoms with Gasteiger partial charge in [0.2, 0.25) is 11.0 Å². The van der Waals surface area contributed by atoms with Crippen LogP contribution in [0.25, 0.3) is 0 Å². The van der Waals surface area contributed by atoms with Crippen molar-refractivity contribution >= 4 is 28.7 Å². The van der Waals surface area contributed by atoms with Crippen LogP contribution < -0.4 is 4.90 Å². The first kappa shape index (κ1) is 23.5. The Kier molecular flexibility index (Phi) is 5.48. The fraction of sp³-hybridized carbons (Fsp3) is 0.280. The van der Waals surface area contributed by atoms with Gasteiger partial charge in [-0.05, 0) is 43.7 Å². The summed E-state index contributed by atoms with van der Waals surface area (Å²) in [5, 5.41) is 0.312. The lowest BCUT2D eigenvalue weighted by Crippen LogP contribution is -2.48. The van der Waals surface area contributed by atoms with Crippen molar-refractivity contribution in [2.75, 3.05) is 18.5 Å². The van der Waals surface area contributed by atoms with Gasteiger partial charge in [-0.25, -0.2) is 4.99 Å². The van der Waals surface area contributed by atoms with Crippen molar-refractivity contribution in [1.29, 1.82) is 0 Å². The van der Waals surface area contributed by atoms with Crippen LogP contribution in [0.1, 0.15) is 35.3 Å². The van der Waals surface area contributed by atoms with Gasteiger partial charge < -0.3 is 14.0 Å². The first-order chi connectivity index (χ1) is 16.5. The molecule has 6 nitrogen and oxygen atoms in total. The van der Waals surface area contributed by atoms with Gasteiger partial charge >= 0.3 is 6.18 Å². The van der Waals surface area contributed by atoms with Crippen molar-refractivity contribution in [3.8, 4) is 0 Å². The molecule has 3 heterocycles. The second-order valence-electron chi connectivity index (χ2n) is 9.27. The maximum Gasteiger partial charge on any atom is 0.416 e. The van der Waals surface area contributed by atoms with Crippen molar-refractivity contribution in [2.24, 2.45) is 4.99 Å². The number of carbonyl (C=O) groups excluding carboxylic acids is 1. The number of anilines is 1.